The first-order valence-corrected chi connectivity index (χ1v) is 11.7. The molecule has 3 aliphatic heterocycles. The summed E-state index contributed by atoms with van der Waals surface area (Å²) in [6.07, 6.45) is 0. The molecule has 0 saturated heterocycles. The van der Waals surface area contributed by atoms with Gasteiger partial charge in [-0.25, -0.2) is 0 Å². The van der Waals surface area contributed by atoms with Gasteiger partial charge in [0.05, 0.1) is 0 Å². The molecule has 0 radical (unpaired) electrons. The van der Waals surface area contributed by atoms with E-state index in [-0.39, 0.29) is 38.7 Å². The van der Waals surface area contributed by atoms with Gasteiger partial charge in [0.15, 0.2) is 41.3 Å². The molecule has 3 heterocycles. The van der Waals surface area contributed by atoms with E-state index in [2.05, 4.69) is 4.74 Å². The highest BCUT2D eigenvalue weighted by atomic mass is 35.5. The summed E-state index contributed by atoms with van der Waals surface area (Å²) in [5, 5.41) is 18.2. The number of ether oxygens (including phenoxy) is 9. The topological polar surface area (TPSA) is 124 Å². The number of phenols is 2. The molecule has 3 aromatic rings. The van der Waals surface area contributed by atoms with Gasteiger partial charge in [0.25, 0.3) is 0 Å². The number of hydrogen-bond acceptors (Lipinski definition) is 11. The molecule has 11 nitrogen and oxygen atoms in total. The Bertz CT molecular complexity index is 1170. The number of fused-ring (bicyclic) bond motifs is 3. The Labute approximate surface area is 224 Å². The van der Waals surface area contributed by atoms with E-state index in [0.717, 1.165) is 11.3 Å². The van der Waals surface area contributed by atoms with Crippen molar-refractivity contribution in [3.05, 3.63) is 54.1 Å². The van der Waals surface area contributed by atoms with Gasteiger partial charge < -0.3 is 52.8 Å². The number of alkyl halides is 1. The third kappa shape index (κ3) is 8.04. The van der Waals surface area contributed by atoms with Crippen LogP contribution in [0.4, 0.5) is 0 Å². The van der Waals surface area contributed by atoms with Crippen LogP contribution in [0.2, 0.25) is 0 Å². The molecule has 38 heavy (non-hydrogen) atoms. The van der Waals surface area contributed by atoms with Crippen LogP contribution in [0.1, 0.15) is 5.56 Å². The minimum Gasteiger partial charge on any atom is -0.508 e. The smallest absolute Gasteiger partial charge is 0.231 e. The van der Waals surface area contributed by atoms with Crippen LogP contribution in [0.5, 0.6) is 51.7 Å². The quantitative estimate of drug-likeness (QED) is 0.343. The maximum atomic E-state index is 9.25. The number of benzene rings is 3. The van der Waals surface area contributed by atoms with Crippen LogP contribution < -0.4 is 33.2 Å². The van der Waals surface area contributed by atoms with E-state index < -0.39 is 0 Å². The predicted octanol–water partition coefficient (Wildman–Crippen LogP) is 4.78. The Kier molecular flexibility index (Phi) is 11.1. The van der Waals surface area contributed by atoms with E-state index in [4.69, 9.17) is 54.6 Å². The van der Waals surface area contributed by atoms with Crippen molar-refractivity contribution in [1.29, 1.82) is 0 Å². The van der Waals surface area contributed by atoms with Crippen LogP contribution in [0.15, 0.2) is 48.5 Å². The van der Waals surface area contributed by atoms with Crippen LogP contribution in [-0.2, 0) is 9.47 Å². The van der Waals surface area contributed by atoms with Crippen molar-refractivity contribution in [2.45, 2.75) is 6.92 Å². The van der Waals surface area contributed by atoms with Gasteiger partial charge in [-0.15, -0.1) is 0 Å². The van der Waals surface area contributed by atoms with E-state index >= 15 is 0 Å². The fraction of sp³-hybridized carbons (Fsp3) is 0.308. The second-order valence-corrected chi connectivity index (χ2v) is 7.66. The maximum Gasteiger partial charge on any atom is 0.231 e. The molecule has 6 rings (SSSR count). The van der Waals surface area contributed by atoms with Crippen LogP contribution in [0, 0.1) is 6.92 Å². The molecular formula is C26H29ClO11. The first-order valence-electron chi connectivity index (χ1n) is 11.2. The molecule has 12 heteroatoms. The lowest BCUT2D eigenvalue weighted by Crippen LogP contribution is -1.98. The number of halogens is 1. The van der Waals surface area contributed by atoms with Gasteiger partial charge in [-0.2, -0.15) is 0 Å². The molecule has 0 aliphatic carbocycles. The third-order valence-corrected chi connectivity index (χ3v) is 5.13. The van der Waals surface area contributed by atoms with Crippen molar-refractivity contribution < 1.29 is 52.8 Å². The fourth-order valence-electron chi connectivity index (χ4n) is 3.08. The van der Waals surface area contributed by atoms with Crippen molar-refractivity contribution >= 4 is 11.6 Å². The monoisotopic (exact) mass is 552 g/mol. The molecule has 3 aliphatic rings. The van der Waals surface area contributed by atoms with Crippen molar-refractivity contribution in [2.75, 3.05) is 47.5 Å². The van der Waals surface area contributed by atoms with Crippen LogP contribution >= 0.6 is 11.6 Å². The number of phenolic OH excluding ortho intramolecular Hbond substituents is 2. The van der Waals surface area contributed by atoms with Crippen molar-refractivity contribution in [3.8, 4) is 51.7 Å². The molecule has 0 spiro atoms. The molecule has 0 atom stereocenters. The Morgan fingerprint density at radius 2 is 1.26 bits per heavy atom. The van der Waals surface area contributed by atoms with E-state index in [0.29, 0.717) is 40.6 Å². The second kappa shape index (κ2) is 14.7. The zero-order valence-electron chi connectivity index (χ0n) is 21.1. The van der Waals surface area contributed by atoms with Crippen LogP contribution in [-0.4, -0.2) is 57.7 Å². The van der Waals surface area contributed by atoms with Gasteiger partial charge in [-0.3, -0.25) is 0 Å². The average Bonchev–Trinajstić information content (AvgIpc) is 3.71. The van der Waals surface area contributed by atoms with E-state index in [1.807, 2.05) is 12.1 Å². The molecule has 0 unspecified atom stereocenters. The normalized spacial score (nSPS) is 12.7. The Morgan fingerprint density at radius 1 is 0.711 bits per heavy atom. The number of aromatic hydroxyl groups is 2. The summed E-state index contributed by atoms with van der Waals surface area (Å²) in [6, 6.07) is 13.8. The lowest BCUT2D eigenvalue weighted by atomic mass is 10.2. The first-order chi connectivity index (χ1) is 18.5. The van der Waals surface area contributed by atoms with Gasteiger partial charge in [-0.05, 0) is 43.3 Å². The second-order valence-electron chi connectivity index (χ2n) is 7.44. The largest absolute Gasteiger partial charge is 0.508 e. The standard InChI is InChI=1S/C9H10O4.C8H8O3.C7H6O3.C2H5ClO/c1-10-5-11-7-2-3-8-9(4-7)13-6-12-8;1-5-6(9)2-3-7-8(5)11-4-10-7;8-5-1-2-6-7(3-5)10-4-9-6;1-4-2-3/h2-4H,5-6H2,1H3;2-3,9H,4H2,1H3;1-3,8H,4H2;2H2,1H3. The molecule has 0 aromatic heterocycles. The molecule has 206 valence electrons. The molecular weight excluding hydrogens is 524 g/mol. The summed E-state index contributed by atoms with van der Waals surface area (Å²) in [4.78, 5) is 0. The van der Waals surface area contributed by atoms with Crippen LogP contribution in [0.25, 0.3) is 0 Å². The first kappa shape index (κ1) is 28.6. The van der Waals surface area contributed by atoms with E-state index in [1.165, 1.54) is 6.07 Å². The van der Waals surface area contributed by atoms with Gasteiger partial charge in [-0.1, -0.05) is 11.6 Å². The lowest BCUT2D eigenvalue weighted by molar-refractivity contribution is 0.0510. The number of rotatable bonds is 4. The lowest BCUT2D eigenvalue weighted by Gasteiger charge is -2.04. The molecule has 0 saturated carbocycles. The summed E-state index contributed by atoms with van der Waals surface area (Å²) in [5.41, 5.74) is 0.736. The summed E-state index contributed by atoms with van der Waals surface area (Å²) in [6.45, 7) is 2.81. The SMILES string of the molecule is COCCl.COCOc1ccc2c(c1)OCO2.Cc1c(O)ccc2c1OCO2.Oc1ccc2c(c1)OCO2. The van der Waals surface area contributed by atoms with Crippen molar-refractivity contribution in [3.63, 3.8) is 0 Å². The highest BCUT2D eigenvalue weighted by Crippen LogP contribution is 2.39. The Hall–Kier alpha value is -3.93. The number of hydrogen-bond donors (Lipinski definition) is 2. The highest BCUT2D eigenvalue weighted by Gasteiger charge is 2.17. The zero-order valence-corrected chi connectivity index (χ0v) is 21.9. The minimum atomic E-state index is 0.198. The van der Waals surface area contributed by atoms with Gasteiger partial charge >= 0.3 is 0 Å². The summed E-state index contributed by atoms with van der Waals surface area (Å²) in [7, 11) is 3.12. The summed E-state index contributed by atoms with van der Waals surface area (Å²) >= 11 is 4.96. The Balaban J connectivity index is 0.000000149. The van der Waals surface area contributed by atoms with Crippen LogP contribution in [0.3, 0.4) is 0 Å². The molecule has 0 amide bonds. The summed E-state index contributed by atoms with van der Waals surface area (Å²) < 4.78 is 44.9. The number of methoxy groups -OCH3 is 2. The Morgan fingerprint density at radius 3 is 1.92 bits per heavy atom. The van der Waals surface area contributed by atoms with Gasteiger partial charge in [0, 0.05) is 31.9 Å². The van der Waals surface area contributed by atoms with Crippen molar-refractivity contribution in [2.24, 2.45) is 0 Å². The zero-order chi connectivity index (χ0) is 27.3. The molecule has 2 N–H and O–H groups in total. The average molecular weight is 553 g/mol. The van der Waals surface area contributed by atoms with Crippen molar-refractivity contribution in [1.82, 2.24) is 0 Å². The van der Waals surface area contributed by atoms with Gasteiger partial charge in [0.1, 0.15) is 23.3 Å². The van der Waals surface area contributed by atoms with E-state index in [9.17, 15) is 5.11 Å². The van der Waals surface area contributed by atoms with E-state index in [1.54, 1.807) is 51.5 Å². The maximum absolute atomic E-state index is 9.25. The molecule has 3 aromatic carbocycles. The predicted molar refractivity (Wildman–Crippen MR) is 136 cm³/mol. The summed E-state index contributed by atoms with van der Waals surface area (Å²) in [5.74, 6) is 5.30. The molecule has 0 fully saturated rings. The van der Waals surface area contributed by atoms with Gasteiger partial charge in [0.2, 0.25) is 20.4 Å². The third-order valence-electron chi connectivity index (χ3n) is 4.91. The molecule has 0 bridgehead atoms. The minimum absolute atomic E-state index is 0.198. The fourth-order valence-corrected chi connectivity index (χ4v) is 3.08. The highest BCUT2D eigenvalue weighted by molar-refractivity contribution is 6.17.